The molecule has 0 bridgehead atoms. The first-order valence-electron chi connectivity index (χ1n) is 7.37. The second-order valence-electron chi connectivity index (χ2n) is 5.19. The zero-order valence-corrected chi connectivity index (χ0v) is 13.4. The molecule has 5 nitrogen and oxygen atoms in total. The van der Waals surface area contributed by atoms with Crippen molar-refractivity contribution in [3.05, 3.63) is 36.4 Å². The van der Waals surface area contributed by atoms with Crippen molar-refractivity contribution in [2.45, 2.75) is 6.92 Å². The highest BCUT2D eigenvalue weighted by molar-refractivity contribution is 5.69. The van der Waals surface area contributed by atoms with Gasteiger partial charge in [0.25, 0.3) is 0 Å². The van der Waals surface area contributed by atoms with Gasteiger partial charge in [0.15, 0.2) is 0 Å². The molecule has 0 aliphatic heterocycles. The molecule has 0 radical (unpaired) electrons. The van der Waals surface area contributed by atoms with Gasteiger partial charge in [-0.25, -0.2) is 4.98 Å². The monoisotopic (exact) mass is 301 g/mol. The largest absolute Gasteiger partial charge is 0.493 e. The van der Waals surface area contributed by atoms with Crippen LogP contribution in [0.1, 0.15) is 6.92 Å². The third kappa shape index (κ3) is 4.36. The van der Waals surface area contributed by atoms with Crippen LogP contribution in [0.25, 0.3) is 11.3 Å². The number of nitrogens with zero attached hydrogens (tertiary/aromatic N) is 2. The predicted molar refractivity (Wildman–Crippen MR) is 89.3 cm³/mol. The third-order valence-corrected chi connectivity index (χ3v) is 3.11. The van der Waals surface area contributed by atoms with E-state index in [0.717, 1.165) is 29.3 Å². The smallest absolute Gasteiger partial charge is 0.132 e. The van der Waals surface area contributed by atoms with E-state index in [1.165, 1.54) is 0 Å². The molecule has 1 aromatic carbocycles. The summed E-state index contributed by atoms with van der Waals surface area (Å²) in [5.74, 6) is 2.03. The quantitative estimate of drug-likeness (QED) is 0.852. The fourth-order valence-corrected chi connectivity index (χ4v) is 2.03. The summed E-state index contributed by atoms with van der Waals surface area (Å²) < 4.78 is 11.5. The molecule has 0 unspecified atom stereocenters. The Morgan fingerprint density at radius 1 is 1.14 bits per heavy atom. The summed E-state index contributed by atoms with van der Waals surface area (Å²) in [5, 5.41) is 0. The molecule has 1 heterocycles. The van der Waals surface area contributed by atoms with Gasteiger partial charge >= 0.3 is 0 Å². The van der Waals surface area contributed by atoms with Crippen molar-refractivity contribution in [2.75, 3.05) is 39.6 Å². The molecule has 0 aliphatic rings. The summed E-state index contributed by atoms with van der Waals surface area (Å²) in [5.41, 5.74) is 7.47. The number of pyridine rings is 1. The van der Waals surface area contributed by atoms with E-state index in [4.69, 9.17) is 15.2 Å². The minimum absolute atomic E-state index is 0.492. The average Bonchev–Trinajstić information content (AvgIpc) is 2.47. The molecule has 2 N–H and O–H groups in total. The highest BCUT2D eigenvalue weighted by Crippen LogP contribution is 2.32. The number of anilines is 1. The van der Waals surface area contributed by atoms with Gasteiger partial charge in [0.1, 0.15) is 23.9 Å². The van der Waals surface area contributed by atoms with Crippen molar-refractivity contribution in [3.8, 4) is 22.8 Å². The highest BCUT2D eigenvalue weighted by Gasteiger charge is 2.10. The molecular weight excluding hydrogens is 278 g/mol. The number of nitrogen functional groups attached to an aromatic ring is 1. The summed E-state index contributed by atoms with van der Waals surface area (Å²) in [7, 11) is 4.03. The molecule has 0 fully saturated rings. The van der Waals surface area contributed by atoms with Crippen LogP contribution in [0.5, 0.6) is 11.5 Å². The fourth-order valence-electron chi connectivity index (χ4n) is 2.03. The minimum atomic E-state index is 0.492. The molecule has 5 heteroatoms. The van der Waals surface area contributed by atoms with Gasteiger partial charge in [-0.3, -0.25) is 0 Å². The van der Waals surface area contributed by atoms with Crippen molar-refractivity contribution in [3.63, 3.8) is 0 Å². The minimum Gasteiger partial charge on any atom is -0.493 e. The third-order valence-electron chi connectivity index (χ3n) is 3.11. The van der Waals surface area contributed by atoms with Crippen molar-refractivity contribution < 1.29 is 9.47 Å². The maximum absolute atomic E-state index is 5.76. The Morgan fingerprint density at radius 3 is 2.64 bits per heavy atom. The van der Waals surface area contributed by atoms with E-state index in [-0.39, 0.29) is 0 Å². The molecular formula is C17H23N3O2. The van der Waals surface area contributed by atoms with Crippen LogP contribution in [0.4, 0.5) is 5.82 Å². The summed E-state index contributed by atoms with van der Waals surface area (Å²) in [4.78, 5) is 6.43. The van der Waals surface area contributed by atoms with Gasteiger partial charge in [-0.1, -0.05) is 6.07 Å². The summed E-state index contributed by atoms with van der Waals surface area (Å²) in [6.45, 7) is 4.03. The molecule has 0 atom stereocenters. The Bertz CT molecular complexity index is 615. The van der Waals surface area contributed by atoms with E-state index in [1.807, 2.05) is 51.4 Å². The lowest BCUT2D eigenvalue weighted by molar-refractivity contribution is 0.259. The number of hydrogen-bond donors (Lipinski definition) is 1. The zero-order chi connectivity index (χ0) is 15.9. The highest BCUT2D eigenvalue weighted by atomic mass is 16.5. The molecule has 0 saturated heterocycles. The maximum Gasteiger partial charge on any atom is 0.132 e. The molecule has 118 valence electrons. The summed E-state index contributed by atoms with van der Waals surface area (Å²) >= 11 is 0. The predicted octanol–water partition coefficient (Wildman–Crippen LogP) is 2.67. The fraction of sp³-hybridized carbons (Fsp3) is 0.353. The lowest BCUT2D eigenvalue weighted by Gasteiger charge is -2.14. The number of nitrogens with two attached hydrogens (primary N) is 1. The number of aromatic nitrogens is 1. The Hall–Kier alpha value is -2.27. The van der Waals surface area contributed by atoms with Gasteiger partial charge in [0, 0.05) is 18.2 Å². The number of ether oxygens (including phenoxy) is 2. The number of benzene rings is 1. The van der Waals surface area contributed by atoms with E-state index in [2.05, 4.69) is 9.88 Å². The molecule has 2 rings (SSSR count). The Labute approximate surface area is 131 Å². The van der Waals surface area contributed by atoms with Crippen LogP contribution in [0.15, 0.2) is 36.4 Å². The second kappa shape index (κ2) is 7.66. The van der Waals surface area contributed by atoms with Gasteiger partial charge in [-0.2, -0.15) is 0 Å². The van der Waals surface area contributed by atoms with Crippen LogP contribution in [0, 0.1) is 0 Å². The standard InChI is InChI=1S/C17H23N3O2/c1-4-21-16-12-13(22-11-10-20(2)3)8-9-14(16)15-6-5-7-17(18)19-15/h5-9,12H,4,10-11H2,1-3H3,(H2,18,19). The van der Waals surface area contributed by atoms with E-state index in [0.29, 0.717) is 19.0 Å². The lowest BCUT2D eigenvalue weighted by atomic mass is 10.1. The van der Waals surface area contributed by atoms with Gasteiger partial charge in [-0.15, -0.1) is 0 Å². The molecule has 1 aromatic heterocycles. The molecule has 0 aliphatic carbocycles. The zero-order valence-electron chi connectivity index (χ0n) is 13.4. The van der Waals surface area contributed by atoms with E-state index in [1.54, 1.807) is 6.07 Å². The molecule has 22 heavy (non-hydrogen) atoms. The molecule has 0 amide bonds. The molecule has 0 saturated carbocycles. The average molecular weight is 301 g/mol. The topological polar surface area (TPSA) is 60.6 Å². The van der Waals surface area contributed by atoms with E-state index in [9.17, 15) is 0 Å². The second-order valence-corrected chi connectivity index (χ2v) is 5.19. The number of likely N-dealkylation sites (N-methyl/N-ethyl adjacent to an activating group) is 1. The van der Waals surface area contributed by atoms with Gasteiger partial charge in [-0.05, 0) is 45.3 Å². The SMILES string of the molecule is CCOc1cc(OCCN(C)C)ccc1-c1cccc(N)n1. The number of hydrogen-bond acceptors (Lipinski definition) is 5. The summed E-state index contributed by atoms with van der Waals surface area (Å²) in [6, 6.07) is 11.4. The molecule has 0 spiro atoms. The first-order valence-corrected chi connectivity index (χ1v) is 7.37. The van der Waals surface area contributed by atoms with Crippen LogP contribution in [0.2, 0.25) is 0 Å². The van der Waals surface area contributed by atoms with Crippen LogP contribution in [0.3, 0.4) is 0 Å². The van der Waals surface area contributed by atoms with Crippen LogP contribution in [-0.2, 0) is 0 Å². The van der Waals surface area contributed by atoms with E-state index >= 15 is 0 Å². The van der Waals surface area contributed by atoms with Gasteiger partial charge < -0.3 is 20.1 Å². The van der Waals surface area contributed by atoms with Crippen LogP contribution < -0.4 is 15.2 Å². The van der Waals surface area contributed by atoms with Gasteiger partial charge in [0.2, 0.25) is 0 Å². The van der Waals surface area contributed by atoms with Gasteiger partial charge in [0.05, 0.1) is 12.3 Å². The van der Waals surface area contributed by atoms with Crippen LogP contribution >= 0.6 is 0 Å². The van der Waals surface area contributed by atoms with Crippen molar-refractivity contribution in [1.29, 1.82) is 0 Å². The first kappa shape index (κ1) is 16.1. The van der Waals surface area contributed by atoms with Crippen LogP contribution in [-0.4, -0.2) is 43.7 Å². The normalized spacial score (nSPS) is 10.7. The first-order chi connectivity index (χ1) is 10.6. The van der Waals surface area contributed by atoms with Crippen molar-refractivity contribution in [2.24, 2.45) is 0 Å². The van der Waals surface area contributed by atoms with Crippen molar-refractivity contribution in [1.82, 2.24) is 9.88 Å². The van der Waals surface area contributed by atoms with Crippen molar-refractivity contribution >= 4 is 5.82 Å². The van der Waals surface area contributed by atoms with E-state index < -0.39 is 0 Å². The lowest BCUT2D eigenvalue weighted by Crippen LogP contribution is -2.19. The number of rotatable bonds is 7. The Kier molecular flexibility index (Phi) is 5.61. The Morgan fingerprint density at radius 2 is 1.95 bits per heavy atom. The maximum atomic E-state index is 5.76. The Balaban J connectivity index is 2.23. The molecule has 2 aromatic rings. The summed E-state index contributed by atoms with van der Waals surface area (Å²) in [6.07, 6.45) is 0.